The van der Waals surface area contributed by atoms with Crippen LogP contribution in [0.4, 0.5) is 0 Å². The zero-order valence-corrected chi connectivity index (χ0v) is 7.29. The van der Waals surface area contributed by atoms with Crippen LogP contribution in [0.2, 0.25) is 0 Å². The molecule has 1 aliphatic heterocycles. The van der Waals surface area contributed by atoms with E-state index in [2.05, 4.69) is 11.8 Å². The lowest BCUT2D eigenvalue weighted by Crippen LogP contribution is -2.25. The lowest BCUT2D eigenvalue weighted by molar-refractivity contribution is 0.323. The van der Waals surface area contributed by atoms with Crippen molar-refractivity contribution in [1.29, 1.82) is 0 Å². The van der Waals surface area contributed by atoms with Crippen molar-refractivity contribution in [1.82, 2.24) is 4.90 Å². The van der Waals surface area contributed by atoms with E-state index in [1.165, 1.54) is 32.5 Å². The summed E-state index contributed by atoms with van der Waals surface area (Å²) in [5.41, 5.74) is 5.89. The molecule has 0 spiro atoms. The maximum Gasteiger partial charge on any atom is 0.00452 e. The van der Waals surface area contributed by atoms with Gasteiger partial charge in [-0.2, -0.15) is 0 Å². The van der Waals surface area contributed by atoms with Crippen LogP contribution in [0, 0.1) is 11.8 Å². The Bertz CT molecular complexity index is 132. The van der Waals surface area contributed by atoms with Crippen molar-refractivity contribution in [3.63, 3.8) is 0 Å². The van der Waals surface area contributed by atoms with Gasteiger partial charge in [0, 0.05) is 19.1 Å². The molecule has 1 saturated carbocycles. The molecule has 11 heavy (non-hydrogen) atoms. The van der Waals surface area contributed by atoms with Crippen LogP contribution >= 0.6 is 0 Å². The molecule has 1 heterocycles. The topological polar surface area (TPSA) is 29.3 Å². The third-order valence-corrected chi connectivity index (χ3v) is 3.31. The zero-order chi connectivity index (χ0) is 7.84. The Morgan fingerprint density at radius 1 is 1.27 bits per heavy atom. The molecule has 2 aliphatic rings. The molecule has 1 unspecified atom stereocenters. The molecule has 2 rings (SSSR count). The van der Waals surface area contributed by atoms with E-state index in [9.17, 15) is 0 Å². The molecule has 0 aromatic carbocycles. The SMILES string of the molecule is CCN1C[C@H]2CC(N)C[C@H]2C1. The van der Waals surface area contributed by atoms with E-state index < -0.39 is 0 Å². The Balaban J connectivity index is 1.93. The predicted molar refractivity (Wildman–Crippen MR) is 46.3 cm³/mol. The number of rotatable bonds is 1. The first-order valence-electron chi connectivity index (χ1n) is 4.77. The summed E-state index contributed by atoms with van der Waals surface area (Å²) < 4.78 is 0. The van der Waals surface area contributed by atoms with Crippen LogP contribution in [0.1, 0.15) is 19.8 Å². The fourth-order valence-corrected chi connectivity index (χ4v) is 2.70. The Hall–Kier alpha value is -0.0800. The van der Waals surface area contributed by atoms with Gasteiger partial charge in [-0.05, 0) is 31.2 Å². The maximum absolute atomic E-state index is 5.89. The summed E-state index contributed by atoms with van der Waals surface area (Å²) in [6.45, 7) is 6.10. The molecule has 0 radical (unpaired) electrons. The Labute approximate surface area is 68.7 Å². The average molecular weight is 154 g/mol. The number of hydrogen-bond acceptors (Lipinski definition) is 2. The largest absolute Gasteiger partial charge is 0.328 e. The molecule has 0 amide bonds. The number of likely N-dealkylation sites (tertiary alicyclic amines) is 1. The first-order valence-corrected chi connectivity index (χ1v) is 4.77. The van der Waals surface area contributed by atoms with Gasteiger partial charge in [-0.15, -0.1) is 0 Å². The molecular weight excluding hydrogens is 136 g/mol. The first-order chi connectivity index (χ1) is 5.29. The van der Waals surface area contributed by atoms with Crippen LogP contribution in [0.25, 0.3) is 0 Å². The standard InChI is InChI=1S/C9H18N2/c1-2-11-5-7-3-9(10)4-8(7)6-11/h7-9H,2-6,10H2,1H3/t7-,8+,9?. The molecule has 0 bridgehead atoms. The second-order valence-electron chi connectivity index (χ2n) is 4.10. The summed E-state index contributed by atoms with van der Waals surface area (Å²) in [7, 11) is 0. The van der Waals surface area contributed by atoms with Crippen molar-refractivity contribution in [2.24, 2.45) is 17.6 Å². The van der Waals surface area contributed by atoms with Crippen LogP contribution in [0.15, 0.2) is 0 Å². The van der Waals surface area contributed by atoms with Crippen molar-refractivity contribution >= 4 is 0 Å². The lowest BCUT2D eigenvalue weighted by Gasteiger charge is -2.14. The van der Waals surface area contributed by atoms with Gasteiger partial charge >= 0.3 is 0 Å². The van der Waals surface area contributed by atoms with E-state index in [4.69, 9.17) is 5.73 Å². The lowest BCUT2D eigenvalue weighted by atomic mass is 10.0. The minimum Gasteiger partial charge on any atom is -0.328 e. The fraction of sp³-hybridized carbons (Fsp3) is 1.00. The van der Waals surface area contributed by atoms with Crippen LogP contribution < -0.4 is 5.73 Å². The van der Waals surface area contributed by atoms with E-state index in [-0.39, 0.29) is 0 Å². The highest BCUT2D eigenvalue weighted by molar-refractivity contribution is 4.93. The highest BCUT2D eigenvalue weighted by Crippen LogP contribution is 2.36. The van der Waals surface area contributed by atoms with Gasteiger partial charge in [0.25, 0.3) is 0 Å². The van der Waals surface area contributed by atoms with Crippen LogP contribution in [0.3, 0.4) is 0 Å². The summed E-state index contributed by atoms with van der Waals surface area (Å²) in [6.07, 6.45) is 2.56. The predicted octanol–water partition coefficient (Wildman–Crippen LogP) is 0.675. The zero-order valence-electron chi connectivity index (χ0n) is 7.29. The molecule has 2 heteroatoms. The third kappa shape index (κ3) is 1.30. The van der Waals surface area contributed by atoms with Crippen molar-refractivity contribution in [3.05, 3.63) is 0 Å². The van der Waals surface area contributed by atoms with Crippen LogP contribution in [-0.4, -0.2) is 30.6 Å². The second kappa shape index (κ2) is 2.76. The minimum atomic E-state index is 0.518. The molecule has 2 nitrogen and oxygen atoms in total. The molecular formula is C9H18N2. The van der Waals surface area contributed by atoms with Crippen LogP contribution in [0.5, 0.6) is 0 Å². The Morgan fingerprint density at radius 3 is 2.27 bits per heavy atom. The summed E-state index contributed by atoms with van der Waals surface area (Å²) >= 11 is 0. The van der Waals surface area contributed by atoms with Crippen LogP contribution in [-0.2, 0) is 0 Å². The molecule has 1 saturated heterocycles. The van der Waals surface area contributed by atoms with E-state index >= 15 is 0 Å². The average Bonchev–Trinajstić information content (AvgIpc) is 2.43. The molecule has 0 aromatic heterocycles. The number of nitrogens with zero attached hydrogens (tertiary/aromatic N) is 1. The fourth-order valence-electron chi connectivity index (χ4n) is 2.70. The maximum atomic E-state index is 5.89. The van der Waals surface area contributed by atoms with Gasteiger partial charge < -0.3 is 10.6 Å². The van der Waals surface area contributed by atoms with Gasteiger partial charge in [0.15, 0.2) is 0 Å². The molecule has 1 aliphatic carbocycles. The summed E-state index contributed by atoms with van der Waals surface area (Å²) in [4.78, 5) is 2.56. The number of nitrogens with two attached hydrogens (primary N) is 1. The first kappa shape index (κ1) is 7.56. The Morgan fingerprint density at radius 2 is 1.82 bits per heavy atom. The van der Waals surface area contributed by atoms with Crippen molar-refractivity contribution < 1.29 is 0 Å². The van der Waals surface area contributed by atoms with Gasteiger partial charge in [-0.25, -0.2) is 0 Å². The van der Waals surface area contributed by atoms with Gasteiger partial charge in [0.1, 0.15) is 0 Å². The van der Waals surface area contributed by atoms with Crippen molar-refractivity contribution in [3.8, 4) is 0 Å². The highest BCUT2D eigenvalue weighted by atomic mass is 15.2. The monoisotopic (exact) mass is 154 g/mol. The van der Waals surface area contributed by atoms with Gasteiger partial charge in [-0.1, -0.05) is 6.92 Å². The number of fused-ring (bicyclic) bond motifs is 1. The summed E-state index contributed by atoms with van der Waals surface area (Å²) in [6, 6.07) is 0.518. The highest BCUT2D eigenvalue weighted by Gasteiger charge is 2.38. The molecule has 2 fully saturated rings. The van der Waals surface area contributed by atoms with Gasteiger partial charge in [-0.3, -0.25) is 0 Å². The smallest absolute Gasteiger partial charge is 0.00452 e. The normalized spacial score (nSPS) is 44.7. The van der Waals surface area contributed by atoms with Crippen molar-refractivity contribution in [2.45, 2.75) is 25.8 Å². The minimum absolute atomic E-state index is 0.518. The molecule has 3 atom stereocenters. The molecule has 2 N–H and O–H groups in total. The third-order valence-electron chi connectivity index (χ3n) is 3.31. The van der Waals surface area contributed by atoms with E-state index in [1.54, 1.807) is 0 Å². The number of hydrogen-bond donors (Lipinski definition) is 1. The van der Waals surface area contributed by atoms with Gasteiger partial charge in [0.2, 0.25) is 0 Å². The van der Waals surface area contributed by atoms with E-state index in [0.29, 0.717) is 6.04 Å². The quantitative estimate of drug-likeness (QED) is 0.601. The van der Waals surface area contributed by atoms with Crippen molar-refractivity contribution in [2.75, 3.05) is 19.6 Å². The van der Waals surface area contributed by atoms with Gasteiger partial charge in [0.05, 0.1) is 0 Å². The van der Waals surface area contributed by atoms with E-state index in [1.807, 2.05) is 0 Å². The summed E-state index contributed by atoms with van der Waals surface area (Å²) in [5.74, 6) is 1.87. The molecule has 64 valence electrons. The Kier molecular flexibility index (Phi) is 1.90. The second-order valence-corrected chi connectivity index (χ2v) is 4.10. The van der Waals surface area contributed by atoms with E-state index in [0.717, 1.165) is 11.8 Å². The summed E-state index contributed by atoms with van der Waals surface area (Å²) in [5, 5.41) is 0. The molecule has 0 aromatic rings.